The highest BCUT2D eigenvalue weighted by Crippen LogP contribution is 2.30. The maximum absolute atomic E-state index is 12.5. The Morgan fingerprint density at radius 3 is 2.91 bits per heavy atom. The van der Waals surface area contributed by atoms with Crippen molar-refractivity contribution in [3.05, 3.63) is 29.8 Å². The average Bonchev–Trinajstić information content (AvgIpc) is 3.38. The summed E-state index contributed by atoms with van der Waals surface area (Å²) in [6.45, 7) is 1.57. The molecule has 6 nitrogen and oxygen atoms in total. The van der Waals surface area contributed by atoms with E-state index in [1.54, 1.807) is 12.1 Å². The molecule has 1 saturated heterocycles. The lowest BCUT2D eigenvalue weighted by atomic mass is 10.1. The minimum absolute atomic E-state index is 0.101. The van der Waals surface area contributed by atoms with E-state index in [1.807, 2.05) is 6.07 Å². The highest BCUT2D eigenvalue weighted by Gasteiger charge is 2.32. The minimum Gasteiger partial charge on any atom is -0.379 e. The van der Waals surface area contributed by atoms with E-state index in [0.29, 0.717) is 37.7 Å². The van der Waals surface area contributed by atoms with Crippen LogP contribution in [0.1, 0.15) is 24.8 Å². The summed E-state index contributed by atoms with van der Waals surface area (Å²) in [5.41, 5.74) is 0.321. The minimum atomic E-state index is -3.69. The summed E-state index contributed by atoms with van der Waals surface area (Å²) in [7, 11) is -3.69. The maximum atomic E-state index is 12.5. The molecule has 1 N–H and O–H groups in total. The zero-order chi connectivity index (χ0) is 16.3. The lowest BCUT2D eigenvalue weighted by Gasteiger charge is -2.32. The van der Waals surface area contributed by atoms with Crippen LogP contribution in [0.4, 0.5) is 0 Å². The Morgan fingerprint density at radius 2 is 2.17 bits per heavy atom. The molecule has 1 aromatic rings. The molecular formula is C16H20N2O4S. The third-order valence-corrected chi connectivity index (χ3v) is 5.61. The molecule has 1 heterocycles. The van der Waals surface area contributed by atoms with Crippen molar-refractivity contribution in [2.45, 2.75) is 36.3 Å². The van der Waals surface area contributed by atoms with E-state index in [2.05, 4.69) is 4.72 Å². The normalized spacial score (nSPS) is 25.0. The largest absolute Gasteiger partial charge is 0.379 e. The van der Waals surface area contributed by atoms with Crippen molar-refractivity contribution in [1.29, 1.82) is 5.26 Å². The quantitative estimate of drug-likeness (QED) is 0.849. The number of benzene rings is 1. The second-order valence-corrected chi connectivity index (χ2v) is 7.76. The van der Waals surface area contributed by atoms with E-state index < -0.39 is 10.0 Å². The first-order valence-electron chi connectivity index (χ1n) is 7.80. The van der Waals surface area contributed by atoms with Gasteiger partial charge in [-0.3, -0.25) is 0 Å². The summed E-state index contributed by atoms with van der Waals surface area (Å²) >= 11 is 0. The predicted octanol–water partition coefficient (Wildman–Crippen LogP) is 1.42. The van der Waals surface area contributed by atoms with Crippen molar-refractivity contribution in [1.82, 2.24) is 4.72 Å². The third kappa shape index (κ3) is 4.30. The van der Waals surface area contributed by atoms with Gasteiger partial charge < -0.3 is 9.47 Å². The molecule has 0 amide bonds. The van der Waals surface area contributed by atoms with E-state index in [9.17, 15) is 8.42 Å². The fraction of sp³-hybridized carbons (Fsp3) is 0.562. The highest BCUT2D eigenvalue weighted by atomic mass is 32.2. The molecule has 1 saturated carbocycles. The van der Waals surface area contributed by atoms with Gasteiger partial charge in [0.05, 0.1) is 35.3 Å². The molecule has 1 aliphatic heterocycles. The van der Waals surface area contributed by atoms with Crippen LogP contribution in [0, 0.1) is 17.2 Å². The molecule has 0 spiro atoms. The van der Waals surface area contributed by atoms with E-state index in [-0.39, 0.29) is 17.0 Å². The first-order valence-corrected chi connectivity index (χ1v) is 9.28. The van der Waals surface area contributed by atoms with Gasteiger partial charge in [-0.25, -0.2) is 13.1 Å². The molecule has 0 bridgehead atoms. The predicted molar refractivity (Wildman–Crippen MR) is 83.2 cm³/mol. The van der Waals surface area contributed by atoms with Gasteiger partial charge in [0.1, 0.15) is 0 Å². The van der Waals surface area contributed by atoms with E-state index >= 15 is 0 Å². The molecule has 23 heavy (non-hydrogen) atoms. The van der Waals surface area contributed by atoms with E-state index in [4.69, 9.17) is 14.7 Å². The Bertz CT molecular complexity index is 694. The third-order valence-electron chi connectivity index (χ3n) is 4.13. The molecule has 2 fully saturated rings. The smallest absolute Gasteiger partial charge is 0.240 e. The van der Waals surface area contributed by atoms with Crippen molar-refractivity contribution >= 4 is 10.0 Å². The molecule has 124 valence electrons. The van der Waals surface area contributed by atoms with Gasteiger partial charge in [-0.1, -0.05) is 6.07 Å². The van der Waals surface area contributed by atoms with Crippen LogP contribution in [-0.2, 0) is 19.5 Å². The van der Waals surface area contributed by atoms with Crippen LogP contribution in [-0.4, -0.2) is 40.4 Å². The molecule has 0 radical (unpaired) electrons. The topological polar surface area (TPSA) is 88.4 Å². The molecule has 1 aromatic carbocycles. The molecule has 3 rings (SSSR count). The van der Waals surface area contributed by atoms with Crippen LogP contribution in [0.25, 0.3) is 0 Å². The lowest BCUT2D eigenvalue weighted by molar-refractivity contribution is -0.0672. The lowest BCUT2D eigenvalue weighted by Crippen LogP contribution is -2.50. The first kappa shape index (κ1) is 16.4. The molecule has 2 atom stereocenters. The molecule has 0 unspecified atom stereocenters. The summed E-state index contributed by atoms with van der Waals surface area (Å²) in [4.78, 5) is 0.101. The Labute approximate surface area is 136 Å². The van der Waals surface area contributed by atoms with Gasteiger partial charge in [0.25, 0.3) is 0 Å². The Hall–Kier alpha value is -1.46. The first-order chi connectivity index (χ1) is 11.1. The van der Waals surface area contributed by atoms with Gasteiger partial charge in [0.15, 0.2) is 0 Å². The summed E-state index contributed by atoms with van der Waals surface area (Å²) in [5.74, 6) is 0.612. The van der Waals surface area contributed by atoms with Gasteiger partial charge in [-0.2, -0.15) is 5.26 Å². The van der Waals surface area contributed by atoms with Gasteiger partial charge in [-0.15, -0.1) is 0 Å². The van der Waals surface area contributed by atoms with Crippen molar-refractivity contribution in [3.63, 3.8) is 0 Å². The number of nitrogens with one attached hydrogen (secondary N) is 1. The van der Waals surface area contributed by atoms with Crippen LogP contribution in [0.2, 0.25) is 0 Å². The van der Waals surface area contributed by atoms with Crippen LogP contribution in [0.3, 0.4) is 0 Å². The summed E-state index contributed by atoms with van der Waals surface area (Å²) < 4.78 is 39.1. The van der Waals surface area contributed by atoms with Crippen LogP contribution in [0.15, 0.2) is 29.2 Å². The van der Waals surface area contributed by atoms with Crippen LogP contribution in [0.5, 0.6) is 0 Å². The number of hydrogen-bond acceptors (Lipinski definition) is 5. The van der Waals surface area contributed by atoms with Gasteiger partial charge in [0.2, 0.25) is 10.0 Å². The number of nitriles is 1. The zero-order valence-corrected chi connectivity index (χ0v) is 13.6. The SMILES string of the molecule is N#Cc1cccc(S(=O)(=O)N[C@@H]2CCOC[C@H]2OCC2CC2)c1. The fourth-order valence-electron chi connectivity index (χ4n) is 2.56. The van der Waals surface area contributed by atoms with Crippen molar-refractivity contribution in [2.75, 3.05) is 19.8 Å². The monoisotopic (exact) mass is 336 g/mol. The zero-order valence-electron chi connectivity index (χ0n) is 12.8. The van der Waals surface area contributed by atoms with Crippen LogP contribution >= 0.6 is 0 Å². The van der Waals surface area contributed by atoms with Gasteiger partial charge in [0, 0.05) is 13.2 Å². The Kier molecular flexibility index (Phi) is 4.97. The van der Waals surface area contributed by atoms with E-state index in [0.717, 1.165) is 0 Å². The molecular weight excluding hydrogens is 316 g/mol. The number of rotatable bonds is 6. The van der Waals surface area contributed by atoms with Crippen molar-refractivity contribution < 1.29 is 17.9 Å². The number of sulfonamides is 1. The standard InChI is InChI=1S/C16H20N2O4S/c17-9-13-2-1-3-14(8-13)23(19,20)18-15-6-7-21-11-16(15)22-10-12-4-5-12/h1-3,8,12,15-16,18H,4-7,10-11H2/t15-,16-/m1/s1. The summed E-state index contributed by atoms with van der Waals surface area (Å²) in [6.07, 6.45) is 2.68. The van der Waals surface area contributed by atoms with Gasteiger partial charge in [-0.05, 0) is 43.4 Å². The molecule has 2 aliphatic rings. The number of hydrogen-bond donors (Lipinski definition) is 1. The van der Waals surface area contributed by atoms with Crippen LogP contribution < -0.4 is 4.72 Å². The number of ether oxygens (including phenoxy) is 2. The van der Waals surface area contributed by atoms with Crippen molar-refractivity contribution in [3.8, 4) is 6.07 Å². The molecule has 1 aliphatic carbocycles. The fourth-order valence-corrected chi connectivity index (χ4v) is 3.90. The summed E-state index contributed by atoms with van der Waals surface area (Å²) in [6, 6.07) is 7.66. The van der Waals surface area contributed by atoms with Gasteiger partial charge >= 0.3 is 0 Å². The Morgan fingerprint density at radius 1 is 1.35 bits per heavy atom. The summed E-state index contributed by atoms with van der Waals surface area (Å²) in [5, 5.41) is 8.92. The van der Waals surface area contributed by atoms with E-state index in [1.165, 1.54) is 25.0 Å². The average molecular weight is 336 g/mol. The molecule has 0 aromatic heterocycles. The number of nitrogens with zero attached hydrogens (tertiary/aromatic N) is 1. The maximum Gasteiger partial charge on any atom is 0.240 e. The molecule has 7 heteroatoms. The second kappa shape index (κ2) is 6.97. The highest BCUT2D eigenvalue weighted by molar-refractivity contribution is 7.89. The Balaban J connectivity index is 1.70. The van der Waals surface area contributed by atoms with Crippen molar-refractivity contribution in [2.24, 2.45) is 5.92 Å². The second-order valence-electron chi connectivity index (χ2n) is 6.05.